The van der Waals surface area contributed by atoms with E-state index in [1.165, 1.54) is 16.7 Å². The lowest BCUT2D eigenvalue weighted by Gasteiger charge is -2.14. The fraction of sp³-hybridized carbons (Fsp3) is 0.571. The zero-order valence-electron chi connectivity index (χ0n) is 10.1. The summed E-state index contributed by atoms with van der Waals surface area (Å²) in [6, 6.07) is 6.96. The van der Waals surface area contributed by atoms with Crippen molar-refractivity contribution < 1.29 is 0 Å². The van der Waals surface area contributed by atoms with E-state index in [9.17, 15) is 0 Å². The van der Waals surface area contributed by atoms with Crippen molar-refractivity contribution >= 4 is 0 Å². The Morgan fingerprint density at radius 3 is 2.07 bits per heavy atom. The van der Waals surface area contributed by atoms with Gasteiger partial charge in [0.05, 0.1) is 0 Å². The van der Waals surface area contributed by atoms with Crippen LogP contribution in [0.3, 0.4) is 0 Å². The summed E-state index contributed by atoms with van der Waals surface area (Å²) in [5, 5.41) is 0. The summed E-state index contributed by atoms with van der Waals surface area (Å²) in [7, 11) is 0. The molecule has 0 saturated carbocycles. The number of benzene rings is 1. The summed E-state index contributed by atoms with van der Waals surface area (Å²) >= 11 is 0. The fourth-order valence-electron chi connectivity index (χ4n) is 1.85. The predicted octanol–water partition coefficient (Wildman–Crippen LogP) is 4.50. The van der Waals surface area contributed by atoms with Crippen LogP contribution in [0.2, 0.25) is 0 Å². The minimum absolute atomic E-state index is 0.640. The largest absolute Gasteiger partial charge is 0.0613 e. The summed E-state index contributed by atoms with van der Waals surface area (Å²) in [5.74, 6) is 1.28. The molecule has 0 radical (unpaired) electrons. The molecule has 78 valence electrons. The van der Waals surface area contributed by atoms with E-state index in [2.05, 4.69) is 52.8 Å². The fourth-order valence-corrected chi connectivity index (χ4v) is 1.85. The van der Waals surface area contributed by atoms with Gasteiger partial charge < -0.3 is 0 Å². The molecule has 1 aromatic rings. The van der Waals surface area contributed by atoms with Gasteiger partial charge in [-0.25, -0.2) is 0 Å². The highest BCUT2D eigenvalue weighted by Crippen LogP contribution is 2.24. The monoisotopic (exact) mass is 190 g/mol. The molecular weight excluding hydrogens is 168 g/mol. The Morgan fingerprint density at radius 1 is 1.00 bits per heavy atom. The Hall–Kier alpha value is -0.780. The van der Waals surface area contributed by atoms with Crippen molar-refractivity contribution in [1.82, 2.24) is 0 Å². The molecule has 1 aromatic carbocycles. The first-order chi connectivity index (χ1) is 6.56. The molecule has 1 rings (SSSR count). The van der Waals surface area contributed by atoms with Crippen molar-refractivity contribution in [2.24, 2.45) is 0 Å². The van der Waals surface area contributed by atoms with Gasteiger partial charge in [-0.1, -0.05) is 52.8 Å². The first-order valence-corrected chi connectivity index (χ1v) is 5.69. The van der Waals surface area contributed by atoms with Crippen molar-refractivity contribution in [3.05, 3.63) is 34.9 Å². The normalized spacial score (nSPS) is 11.4. The van der Waals surface area contributed by atoms with Gasteiger partial charge >= 0.3 is 0 Å². The molecule has 0 amide bonds. The van der Waals surface area contributed by atoms with Crippen LogP contribution in [-0.4, -0.2) is 0 Å². The molecule has 0 heterocycles. The zero-order valence-corrected chi connectivity index (χ0v) is 10.1. The average Bonchev–Trinajstić information content (AvgIpc) is 2.16. The molecule has 14 heavy (non-hydrogen) atoms. The molecule has 0 aliphatic heterocycles. The van der Waals surface area contributed by atoms with Crippen LogP contribution in [0, 0.1) is 0 Å². The van der Waals surface area contributed by atoms with Gasteiger partial charge in [-0.15, -0.1) is 0 Å². The van der Waals surface area contributed by atoms with Gasteiger partial charge in [0, 0.05) is 0 Å². The molecule has 0 aliphatic rings. The van der Waals surface area contributed by atoms with Gasteiger partial charge in [-0.3, -0.25) is 0 Å². The lowest BCUT2D eigenvalue weighted by molar-refractivity contribution is 0.824. The summed E-state index contributed by atoms with van der Waals surface area (Å²) in [4.78, 5) is 0. The second kappa shape index (κ2) is 4.63. The number of aryl methyl sites for hydroxylation is 1. The van der Waals surface area contributed by atoms with Gasteiger partial charge in [0.25, 0.3) is 0 Å². The van der Waals surface area contributed by atoms with Crippen LogP contribution in [0.5, 0.6) is 0 Å². The van der Waals surface area contributed by atoms with Gasteiger partial charge in [0.2, 0.25) is 0 Å². The van der Waals surface area contributed by atoms with E-state index in [0.29, 0.717) is 11.8 Å². The Labute approximate surface area is 88.4 Å². The first-order valence-electron chi connectivity index (χ1n) is 5.69. The van der Waals surface area contributed by atoms with Crippen LogP contribution in [0.25, 0.3) is 0 Å². The molecule has 0 unspecified atom stereocenters. The molecule has 0 aliphatic carbocycles. The highest BCUT2D eigenvalue weighted by molar-refractivity contribution is 5.35. The second-order valence-electron chi connectivity index (χ2n) is 4.62. The maximum Gasteiger partial charge on any atom is -0.0216 e. The lowest BCUT2D eigenvalue weighted by Crippen LogP contribution is -1.98. The van der Waals surface area contributed by atoms with Crippen molar-refractivity contribution in [2.75, 3.05) is 0 Å². The Bertz CT molecular complexity index is 295. The number of hydrogen-bond acceptors (Lipinski definition) is 0. The van der Waals surface area contributed by atoms with Gasteiger partial charge in [0.15, 0.2) is 0 Å². The van der Waals surface area contributed by atoms with Crippen LogP contribution >= 0.6 is 0 Å². The maximum atomic E-state index is 2.38. The third-order valence-electron chi connectivity index (χ3n) is 2.84. The minimum atomic E-state index is 0.640. The van der Waals surface area contributed by atoms with Gasteiger partial charge in [-0.05, 0) is 34.9 Å². The molecule has 0 nitrogen and oxygen atoms in total. The predicted molar refractivity (Wildman–Crippen MR) is 64.0 cm³/mol. The molecule has 0 fully saturated rings. The molecular formula is C14H22. The average molecular weight is 190 g/mol. The van der Waals surface area contributed by atoms with Gasteiger partial charge in [-0.2, -0.15) is 0 Å². The smallest absolute Gasteiger partial charge is 0.0216 e. The maximum absolute atomic E-state index is 2.38. The lowest BCUT2D eigenvalue weighted by atomic mass is 9.91. The third kappa shape index (κ3) is 2.37. The number of hydrogen-bond donors (Lipinski definition) is 0. The second-order valence-corrected chi connectivity index (χ2v) is 4.62. The zero-order chi connectivity index (χ0) is 10.7. The molecule has 0 spiro atoms. The van der Waals surface area contributed by atoms with E-state index in [1.54, 1.807) is 0 Å². The Kier molecular flexibility index (Phi) is 3.74. The Balaban J connectivity index is 3.11. The van der Waals surface area contributed by atoms with Crippen molar-refractivity contribution in [3.8, 4) is 0 Å². The van der Waals surface area contributed by atoms with E-state index >= 15 is 0 Å². The molecule has 0 saturated heterocycles. The van der Waals surface area contributed by atoms with E-state index < -0.39 is 0 Å². The van der Waals surface area contributed by atoms with E-state index in [4.69, 9.17) is 0 Å². The first kappa shape index (κ1) is 11.3. The summed E-state index contributed by atoms with van der Waals surface area (Å²) in [6.07, 6.45) is 1.15. The highest BCUT2D eigenvalue weighted by Gasteiger charge is 2.07. The van der Waals surface area contributed by atoms with Crippen molar-refractivity contribution in [2.45, 2.75) is 52.9 Å². The minimum Gasteiger partial charge on any atom is -0.0613 e. The third-order valence-corrected chi connectivity index (χ3v) is 2.84. The summed E-state index contributed by atoms with van der Waals surface area (Å²) < 4.78 is 0. The van der Waals surface area contributed by atoms with Crippen LogP contribution in [0.4, 0.5) is 0 Å². The topological polar surface area (TPSA) is 0 Å². The molecule has 0 aromatic heterocycles. The van der Waals surface area contributed by atoms with E-state index in [-0.39, 0.29) is 0 Å². The van der Waals surface area contributed by atoms with Crippen LogP contribution < -0.4 is 0 Å². The number of rotatable bonds is 3. The van der Waals surface area contributed by atoms with Crippen LogP contribution in [0.15, 0.2) is 18.2 Å². The van der Waals surface area contributed by atoms with Crippen LogP contribution in [0.1, 0.15) is 63.1 Å². The van der Waals surface area contributed by atoms with E-state index in [0.717, 1.165) is 6.42 Å². The van der Waals surface area contributed by atoms with Crippen molar-refractivity contribution in [3.63, 3.8) is 0 Å². The van der Waals surface area contributed by atoms with E-state index in [1.807, 2.05) is 0 Å². The van der Waals surface area contributed by atoms with Crippen LogP contribution in [-0.2, 0) is 6.42 Å². The molecule has 0 atom stereocenters. The van der Waals surface area contributed by atoms with Gasteiger partial charge in [0.1, 0.15) is 0 Å². The summed E-state index contributed by atoms with van der Waals surface area (Å²) in [6.45, 7) is 11.3. The Morgan fingerprint density at radius 2 is 1.64 bits per heavy atom. The summed E-state index contributed by atoms with van der Waals surface area (Å²) in [5.41, 5.74) is 4.49. The molecule has 0 heteroatoms. The standard InChI is InChI=1S/C14H22/c1-6-12-9-13(10(2)3)7-8-14(12)11(4)5/h7-11H,6H2,1-5H3. The quantitative estimate of drug-likeness (QED) is 0.658. The molecule has 0 bridgehead atoms. The SMILES string of the molecule is CCc1cc(C(C)C)ccc1C(C)C. The molecule has 0 N–H and O–H groups in total. The highest BCUT2D eigenvalue weighted by atomic mass is 14.1. The van der Waals surface area contributed by atoms with Crippen molar-refractivity contribution in [1.29, 1.82) is 0 Å².